The predicted molar refractivity (Wildman–Crippen MR) is 58.3 cm³/mol. The molecule has 1 aliphatic heterocycles. The van der Waals surface area contributed by atoms with Crippen LogP contribution >= 0.6 is 0 Å². The largest absolute Gasteiger partial charge is 0.396 e. The molecule has 0 spiro atoms. The summed E-state index contributed by atoms with van der Waals surface area (Å²) in [6, 6.07) is 4.27. The first-order valence-electron chi connectivity index (χ1n) is 4.96. The van der Waals surface area contributed by atoms with Gasteiger partial charge in [0.25, 0.3) is 0 Å². The van der Waals surface area contributed by atoms with Crippen LogP contribution in [0.3, 0.4) is 0 Å². The molecule has 14 heavy (non-hydrogen) atoms. The molecule has 1 aromatic rings. The summed E-state index contributed by atoms with van der Waals surface area (Å²) in [7, 11) is 0. The van der Waals surface area contributed by atoms with Gasteiger partial charge in [-0.15, -0.1) is 0 Å². The van der Waals surface area contributed by atoms with Gasteiger partial charge in [-0.3, -0.25) is 0 Å². The van der Waals surface area contributed by atoms with Crippen LogP contribution in [-0.4, -0.2) is 30.7 Å². The minimum absolute atomic E-state index is 0.505. The quantitative estimate of drug-likeness (QED) is 0.679. The first-order chi connectivity index (χ1) is 6.77. The fourth-order valence-electron chi connectivity index (χ4n) is 1.80. The fourth-order valence-corrected chi connectivity index (χ4v) is 1.80. The molecule has 0 radical (unpaired) electrons. The normalized spacial score (nSPS) is 22.4. The Morgan fingerprint density at radius 2 is 2.50 bits per heavy atom. The minimum Gasteiger partial charge on any atom is -0.396 e. The molecule has 2 rings (SSSR count). The molecule has 0 aliphatic carbocycles. The van der Waals surface area contributed by atoms with Gasteiger partial charge in [-0.05, 0) is 19.1 Å². The van der Waals surface area contributed by atoms with E-state index in [4.69, 9.17) is 5.73 Å². The zero-order chi connectivity index (χ0) is 9.97. The summed E-state index contributed by atoms with van der Waals surface area (Å²) >= 11 is 0. The first-order valence-corrected chi connectivity index (χ1v) is 4.96. The summed E-state index contributed by atoms with van der Waals surface area (Å²) in [6.07, 6.45) is 1.79. The molecule has 4 nitrogen and oxygen atoms in total. The van der Waals surface area contributed by atoms with E-state index in [9.17, 15) is 0 Å². The molecule has 1 saturated heterocycles. The second kappa shape index (κ2) is 3.84. The maximum absolute atomic E-state index is 5.87. The number of rotatable bonds is 1. The Labute approximate surface area is 84.1 Å². The van der Waals surface area contributed by atoms with E-state index in [2.05, 4.69) is 22.1 Å². The minimum atomic E-state index is 0.505. The lowest BCUT2D eigenvalue weighted by Gasteiger charge is -2.33. The molecule has 1 aromatic heterocycles. The topological polar surface area (TPSA) is 54.2 Å². The van der Waals surface area contributed by atoms with Crippen molar-refractivity contribution in [1.82, 2.24) is 10.3 Å². The highest BCUT2D eigenvalue weighted by Crippen LogP contribution is 2.19. The summed E-state index contributed by atoms with van der Waals surface area (Å²) in [5, 5.41) is 3.39. The molecular formula is C10H16N4. The van der Waals surface area contributed by atoms with Crippen molar-refractivity contribution in [2.45, 2.75) is 13.0 Å². The van der Waals surface area contributed by atoms with Crippen LogP contribution in [0.1, 0.15) is 6.92 Å². The van der Waals surface area contributed by atoms with E-state index in [1.165, 1.54) is 0 Å². The van der Waals surface area contributed by atoms with Crippen LogP contribution in [0.25, 0.3) is 0 Å². The maximum Gasteiger partial charge on any atom is 0.151 e. The van der Waals surface area contributed by atoms with Gasteiger partial charge in [0.05, 0.1) is 5.69 Å². The van der Waals surface area contributed by atoms with Crippen LogP contribution in [-0.2, 0) is 0 Å². The van der Waals surface area contributed by atoms with Crippen molar-refractivity contribution in [3.05, 3.63) is 18.3 Å². The van der Waals surface area contributed by atoms with Gasteiger partial charge >= 0.3 is 0 Å². The lowest BCUT2D eigenvalue weighted by atomic mass is 10.2. The van der Waals surface area contributed by atoms with E-state index in [1.54, 1.807) is 6.20 Å². The molecular weight excluding hydrogens is 176 g/mol. The Morgan fingerprint density at radius 3 is 3.21 bits per heavy atom. The van der Waals surface area contributed by atoms with Crippen LogP contribution in [0.2, 0.25) is 0 Å². The van der Waals surface area contributed by atoms with Gasteiger partial charge in [-0.25, -0.2) is 4.98 Å². The first kappa shape index (κ1) is 9.27. The zero-order valence-electron chi connectivity index (χ0n) is 8.40. The molecule has 1 unspecified atom stereocenters. The van der Waals surface area contributed by atoms with Gasteiger partial charge < -0.3 is 16.0 Å². The standard InChI is InChI=1S/C10H16N4/c1-8-7-14(6-5-12-8)10-9(11)3-2-4-13-10/h2-4,8,12H,5-7,11H2,1H3. The molecule has 0 amide bonds. The summed E-state index contributed by atoms with van der Waals surface area (Å²) in [5.74, 6) is 0.917. The zero-order valence-corrected chi connectivity index (χ0v) is 8.40. The summed E-state index contributed by atoms with van der Waals surface area (Å²) in [6.45, 7) is 5.12. The molecule has 3 N–H and O–H groups in total. The van der Waals surface area contributed by atoms with E-state index < -0.39 is 0 Å². The van der Waals surface area contributed by atoms with Crippen LogP contribution in [0.15, 0.2) is 18.3 Å². The molecule has 1 aliphatic rings. The molecule has 1 atom stereocenters. The number of hydrogen-bond acceptors (Lipinski definition) is 4. The lowest BCUT2D eigenvalue weighted by Crippen LogP contribution is -2.49. The van der Waals surface area contributed by atoms with Gasteiger partial charge in [0, 0.05) is 31.9 Å². The van der Waals surface area contributed by atoms with Crippen LogP contribution in [0.5, 0.6) is 0 Å². The Kier molecular flexibility index (Phi) is 2.54. The van der Waals surface area contributed by atoms with E-state index in [1.807, 2.05) is 12.1 Å². The van der Waals surface area contributed by atoms with Crippen molar-refractivity contribution in [2.24, 2.45) is 0 Å². The third-order valence-electron chi connectivity index (χ3n) is 2.49. The van der Waals surface area contributed by atoms with Gasteiger partial charge in [0.1, 0.15) is 0 Å². The predicted octanol–water partition coefficient (Wildman–Crippen LogP) is 0.462. The van der Waals surface area contributed by atoms with Crippen molar-refractivity contribution in [3.63, 3.8) is 0 Å². The highest BCUT2D eigenvalue weighted by atomic mass is 15.2. The monoisotopic (exact) mass is 192 g/mol. The van der Waals surface area contributed by atoms with Crippen molar-refractivity contribution in [1.29, 1.82) is 0 Å². The van der Waals surface area contributed by atoms with Gasteiger partial charge in [0.2, 0.25) is 0 Å². The third-order valence-corrected chi connectivity index (χ3v) is 2.49. The molecule has 2 heterocycles. The van der Waals surface area contributed by atoms with E-state index in [0.29, 0.717) is 6.04 Å². The van der Waals surface area contributed by atoms with Gasteiger partial charge in [-0.1, -0.05) is 0 Å². The van der Waals surface area contributed by atoms with Gasteiger partial charge in [-0.2, -0.15) is 0 Å². The number of anilines is 2. The van der Waals surface area contributed by atoms with Gasteiger partial charge in [0.15, 0.2) is 5.82 Å². The van der Waals surface area contributed by atoms with E-state index in [-0.39, 0.29) is 0 Å². The molecule has 0 aromatic carbocycles. The van der Waals surface area contributed by atoms with E-state index in [0.717, 1.165) is 31.1 Å². The number of nitrogens with zero attached hydrogens (tertiary/aromatic N) is 2. The Morgan fingerprint density at radius 1 is 1.64 bits per heavy atom. The average molecular weight is 192 g/mol. The number of nitrogen functional groups attached to an aromatic ring is 1. The van der Waals surface area contributed by atoms with E-state index >= 15 is 0 Å². The van der Waals surface area contributed by atoms with Crippen molar-refractivity contribution >= 4 is 11.5 Å². The molecule has 1 fully saturated rings. The smallest absolute Gasteiger partial charge is 0.151 e. The second-order valence-corrected chi connectivity index (χ2v) is 3.72. The molecule has 0 bridgehead atoms. The van der Waals surface area contributed by atoms with Crippen molar-refractivity contribution in [2.75, 3.05) is 30.3 Å². The van der Waals surface area contributed by atoms with Crippen molar-refractivity contribution in [3.8, 4) is 0 Å². The second-order valence-electron chi connectivity index (χ2n) is 3.72. The fraction of sp³-hybridized carbons (Fsp3) is 0.500. The number of nitrogens with one attached hydrogen (secondary N) is 1. The summed E-state index contributed by atoms with van der Waals surface area (Å²) in [5.41, 5.74) is 6.64. The number of piperazine rings is 1. The number of hydrogen-bond donors (Lipinski definition) is 2. The Balaban J connectivity index is 2.18. The van der Waals surface area contributed by atoms with Crippen LogP contribution < -0.4 is 16.0 Å². The highest BCUT2D eigenvalue weighted by molar-refractivity contribution is 5.62. The van der Waals surface area contributed by atoms with Crippen LogP contribution in [0, 0.1) is 0 Å². The Hall–Kier alpha value is -1.29. The third kappa shape index (κ3) is 1.80. The molecule has 0 saturated carbocycles. The summed E-state index contributed by atoms with van der Waals surface area (Å²) in [4.78, 5) is 6.54. The highest BCUT2D eigenvalue weighted by Gasteiger charge is 2.17. The lowest BCUT2D eigenvalue weighted by molar-refractivity contribution is 0.482. The van der Waals surface area contributed by atoms with Crippen LogP contribution in [0.4, 0.5) is 11.5 Å². The average Bonchev–Trinajstić information content (AvgIpc) is 2.18. The molecule has 4 heteroatoms. The summed E-state index contributed by atoms with van der Waals surface area (Å²) < 4.78 is 0. The number of aromatic nitrogens is 1. The molecule has 76 valence electrons. The number of pyridine rings is 1. The maximum atomic E-state index is 5.87. The SMILES string of the molecule is CC1CN(c2ncccc2N)CCN1. The number of nitrogens with two attached hydrogens (primary N) is 1. The van der Waals surface area contributed by atoms with Crippen molar-refractivity contribution < 1.29 is 0 Å². The Bertz CT molecular complexity index is 313.